The maximum absolute atomic E-state index is 11.7. The van der Waals surface area contributed by atoms with Crippen molar-refractivity contribution in [3.8, 4) is 0 Å². The third kappa shape index (κ3) is 6.33. The molecular weight excluding hydrogens is 219 g/mol. The van der Waals surface area contributed by atoms with Gasteiger partial charge in [-0.1, -0.05) is 13.3 Å². The van der Waals surface area contributed by atoms with Crippen molar-refractivity contribution in [2.45, 2.75) is 44.8 Å². The van der Waals surface area contributed by atoms with Crippen molar-refractivity contribution in [2.24, 2.45) is 5.92 Å². The zero-order valence-corrected chi connectivity index (χ0v) is 9.65. The fourth-order valence-corrected chi connectivity index (χ4v) is 1.84. The van der Waals surface area contributed by atoms with Crippen LogP contribution in [0.5, 0.6) is 0 Å². The first-order chi connectivity index (χ1) is 7.53. The summed E-state index contributed by atoms with van der Waals surface area (Å²) in [6.07, 6.45) is 0.124. The first-order valence-electron chi connectivity index (χ1n) is 5.91. The summed E-state index contributed by atoms with van der Waals surface area (Å²) in [6, 6.07) is 0.600. The lowest BCUT2D eigenvalue weighted by Gasteiger charge is -2.08. The van der Waals surface area contributed by atoms with Crippen LogP contribution in [0.15, 0.2) is 0 Å². The maximum atomic E-state index is 11.7. The molecular formula is C11H20F3NO. The van der Waals surface area contributed by atoms with E-state index in [0.29, 0.717) is 12.5 Å². The number of halogens is 3. The molecule has 1 rings (SSSR count). The van der Waals surface area contributed by atoms with Crippen molar-refractivity contribution in [1.29, 1.82) is 0 Å². The summed E-state index contributed by atoms with van der Waals surface area (Å²) in [5.41, 5.74) is 0. The van der Waals surface area contributed by atoms with Gasteiger partial charge in [0.05, 0.1) is 0 Å². The molecule has 0 heterocycles. The van der Waals surface area contributed by atoms with Crippen LogP contribution in [0, 0.1) is 5.92 Å². The summed E-state index contributed by atoms with van der Waals surface area (Å²) in [5.74, 6) is 0.793. The van der Waals surface area contributed by atoms with Gasteiger partial charge in [0.1, 0.15) is 6.61 Å². The quantitative estimate of drug-likeness (QED) is 0.658. The van der Waals surface area contributed by atoms with Crippen LogP contribution in [0.1, 0.15) is 32.6 Å². The highest BCUT2D eigenvalue weighted by Gasteiger charge is 2.34. The average molecular weight is 239 g/mol. The molecule has 0 aliphatic heterocycles. The van der Waals surface area contributed by atoms with Crippen molar-refractivity contribution in [3.63, 3.8) is 0 Å². The normalized spacial score (nSPS) is 24.8. The average Bonchev–Trinajstić information content (AvgIpc) is 2.89. The fourth-order valence-electron chi connectivity index (χ4n) is 1.84. The van der Waals surface area contributed by atoms with Crippen LogP contribution in [-0.2, 0) is 4.74 Å². The Labute approximate surface area is 94.5 Å². The Kier molecular flexibility index (Phi) is 5.55. The number of ether oxygens (including phenoxy) is 1. The minimum Gasteiger partial charge on any atom is -0.372 e. The summed E-state index contributed by atoms with van der Waals surface area (Å²) < 4.78 is 39.6. The second-order valence-electron chi connectivity index (χ2n) is 4.37. The SMILES string of the molecule is CCCC1CC1NCCCOCC(F)(F)F. The van der Waals surface area contributed by atoms with Crippen molar-refractivity contribution in [1.82, 2.24) is 5.32 Å². The maximum Gasteiger partial charge on any atom is 0.411 e. The molecule has 0 aromatic carbocycles. The van der Waals surface area contributed by atoms with Gasteiger partial charge in [0.15, 0.2) is 0 Å². The molecule has 0 radical (unpaired) electrons. The third-order valence-electron chi connectivity index (χ3n) is 2.72. The molecule has 0 amide bonds. The molecule has 1 aliphatic carbocycles. The number of hydrogen-bond donors (Lipinski definition) is 1. The molecule has 1 fully saturated rings. The van der Waals surface area contributed by atoms with Crippen molar-refractivity contribution in [2.75, 3.05) is 19.8 Å². The van der Waals surface area contributed by atoms with E-state index in [2.05, 4.69) is 17.0 Å². The van der Waals surface area contributed by atoms with E-state index in [4.69, 9.17) is 0 Å². The van der Waals surface area contributed by atoms with Crippen molar-refractivity contribution < 1.29 is 17.9 Å². The van der Waals surface area contributed by atoms with Crippen LogP contribution in [0.3, 0.4) is 0 Å². The largest absolute Gasteiger partial charge is 0.411 e. The van der Waals surface area contributed by atoms with E-state index in [9.17, 15) is 13.2 Å². The first kappa shape index (κ1) is 13.8. The van der Waals surface area contributed by atoms with Crippen LogP contribution >= 0.6 is 0 Å². The van der Waals surface area contributed by atoms with E-state index in [1.807, 2.05) is 0 Å². The summed E-state index contributed by atoms with van der Waals surface area (Å²) in [4.78, 5) is 0. The molecule has 1 saturated carbocycles. The van der Waals surface area contributed by atoms with Crippen LogP contribution < -0.4 is 5.32 Å². The zero-order valence-electron chi connectivity index (χ0n) is 9.65. The summed E-state index contributed by atoms with van der Waals surface area (Å²) in [5, 5.41) is 3.33. The van der Waals surface area contributed by atoms with Crippen LogP contribution in [-0.4, -0.2) is 32.0 Å². The van der Waals surface area contributed by atoms with E-state index >= 15 is 0 Å². The van der Waals surface area contributed by atoms with E-state index < -0.39 is 12.8 Å². The molecule has 5 heteroatoms. The fraction of sp³-hybridized carbons (Fsp3) is 1.00. The van der Waals surface area contributed by atoms with E-state index in [1.165, 1.54) is 19.3 Å². The molecule has 0 saturated heterocycles. The van der Waals surface area contributed by atoms with Gasteiger partial charge in [-0.3, -0.25) is 0 Å². The van der Waals surface area contributed by atoms with Gasteiger partial charge in [0, 0.05) is 12.6 Å². The van der Waals surface area contributed by atoms with E-state index in [0.717, 1.165) is 12.5 Å². The second kappa shape index (κ2) is 6.45. The van der Waals surface area contributed by atoms with Gasteiger partial charge in [0.25, 0.3) is 0 Å². The van der Waals surface area contributed by atoms with Crippen LogP contribution in [0.25, 0.3) is 0 Å². The Morgan fingerprint density at radius 2 is 2.12 bits per heavy atom. The van der Waals surface area contributed by atoms with Gasteiger partial charge in [-0.05, 0) is 31.7 Å². The predicted octanol–water partition coefficient (Wildman–Crippen LogP) is 2.73. The van der Waals surface area contributed by atoms with Crippen LogP contribution in [0.2, 0.25) is 0 Å². The lowest BCUT2D eigenvalue weighted by Crippen LogP contribution is -2.22. The number of hydrogen-bond acceptors (Lipinski definition) is 2. The Bertz CT molecular complexity index is 196. The summed E-state index contributed by atoms with van der Waals surface area (Å²) >= 11 is 0. The molecule has 0 aromatic rings. The Morgan fingerprint density at radius 3 is 2.75 bits per heavy atom. The highest BCUT2D eigenvalue weighted by molar-refractivity contribution is 4.92. The predicted molar refractivity (Wildman–Crippen MR) is 56.3 cm³/mol. The summed E-state index contributed by atoms with van der Waals surface area (Å²) in [6.45, 7) is 1.97. The highest BCUT2D eigenvalue weighted by atomic mass is 19.4. The molecule has 1 aliphatic rings. The Morgan fingerprint density at radius 1 is 1.38 bits per heavy atom. The van der Waals surface area contributed by atoms with Crippen molar-refractivity contribution >= 4 is 0 Å². The Balaban J connectivity index is 1.83. The molecule has 16 heavy (non-hydrogen) atoms. The first-order valence-corrected chi connectivity index (χ1v) is 5.91. The highest BCUT2D eigenvalue weighted by Crippen LogP contribution is 2.34. The number of rotatable bonds is 8. The van der Waals surface area contributed by atoms with Gasteiger partial charge in [-0.25, -0.2) is 0 Å². The molecule has 2 nitrogen and oxygen atoms in total. The topological polar surface area (TPSA) is 21.3 Å². The number of alkyl halides is 3. The lowest BCUT2D eigenvalue weighted by atomic mass is 10.2. The lowest BCUT2D eigenvalue weighted by molar-refractivity contribution is -0.173. The number of nitrogens with one attached hydrogen (secondary N) is 1. The Hall–Kier alpha value is -0.290. The van der Waals surface area contributed by atoms with Gasteiger partial charge in [-0.15, -0.1) is 0 Å². The van der Waals surface area contributed by atoms with Crippen LogP contribution in [0.4, 0.5) is 13.2 Å². The molecule has 0 bridgehead atoms. The molecule has 2 atom stereocenters. The second-order valence-corrected chi connectivity index (χ2v) is 4.37. The van der Waals surface area contributed by atoms with Gasteiger partial charge < -0.3 is 10.1 Å². The van der Waals surface area contributed by atoms with E-state index in [-0.39, 0.29) is 6.61 Å². The zero-order chi connectivity index (χ0) is 12.0. The molecule has 0 spiro atoms. The van der Waals surface area contributed by atoms with Gasteiger partial charge in [-0.2, -0.15) is 13.2 Å². The molecule has 2 unspecified atom stereocenters. The van der Waals surface area contributed by atoms with Gasteiger partial charge in [0.2, 0.25) is 0 Å². The molecule has 96 valence electrons. The van der Waals surface area contributed by atoms with Crippen molar-refractivity contribution in [3.05, 3.63) is 0 Å². The molecule has 0 aromatic heterocycles. The monoisotopic (exact) mass is 239 g/mol. The minimum absolute atomic E-state index is 0.178. The summed E-state index contributed by atoms with van der Waals surface area (Å²) in [7, 11) is 0. The van der Waals surface area contributed by atoms with Gasteiger partial charge >= 0.3 is 6.18 Å². The smallest absolute Gasteiger partial charge is 0.372 e. The molecule has 1 N–H and O–H groups in total. The standard InChI is InChI=1S/C11H20F3NO/c1-2-4-9-7-10(9)15-5-3-6-16-8-11(12,13)14/h9-10,15H,2-8H2,1H3. The minimum atomic E-state index is -4.20. The van der Waals surface area contributed by atoms with E-state index in [1.54, 1.807) is 0 Å². The third-order valence-corrected chi connectivity index (χ3v) is 2.72.